The third-order valence-corrected chi connectivity index (χ3v) is 3.06. The van der Waals surface area contributed by atoms with Crippen molar-refractivity contribution in [1.82, 2.24) is 0 Å². The molecule has 0 amide bonds. The van der Waals surface area contributed by atoms with Crippen LogP contribution in [0.25, 0.3) is 0 Å². The molecule has 1 N–H and O–H groups in total. The largest absolute Gasteiger partial charge is 0.371 e. The molecule has 1 aromatic carbocycles. The predicted octanol–water partition coefficient (Wildman–Crippen LogP) is 2.72. The van der Waals surface area contributed by atoms with Crippen molar-refractivity contribution >= 4 is 17.2 Å². The van der Waals surface area contributed by atoms with Gasteiger partial charge in [0, 0.05) is 26.6 Å². The number of fused-ring (bicyclic) bond motifs is 1. The lowest BCUT2D eigenvalue weighted by Crippen LogP contribution is -2.42. The van der Waals surface area contributed by atoms with Crippen LogP contribution in [0.5, 0.6) is 0 Å². The first-order chi connectivity index (χ1) is 7.74. The minimum Gasteiger partial charge on any atom is -0.371 e. The summed E-state index contributed by atoms with van der Waals surface area (Å²) in [6.45, 7) is 4.03. The Morgan fingerprint density at radius 3 is 2.62 bits per heavy atom. The third kappa shape index (κ3) is 1.90. The molecule has 3 nitrogen and oxygen atoms in total. The number of likely N-dealkylation sites (N-methyl/N-ethyl adjacent to an activating group) is 1. The summed E-state index contributed by atoms with van der Waals surface area (Å²) in [6.07, 6.45) is 1.89. The van der Waals surface area contributed by atoms with Gasteiger partial charge in [-0.05, 0) is 18.6 Å². The SMILES string of the molecule is CCCC(=N)N1CCN(C)c2ccccc21. The molecule has 0 bridgehead atoms. The second kappa shape index (κ2) is 4.56. The molecule has 0 fully saturated rings. The van der Waals surface area contributed by atoms with Gasteiger partial charge in [-0.3, -0.25) is 5.41 Å². The van der Waals surface area contributed by atoms with Crippen molar-refractivity contribution in [2.45, 2.75) is 19.8 Å². The average molecular weight is 217 g/mol. The minimum atomic E-state index is 0.739. The number of amidine groups is 1. The zero-order chi connectivity index (χ0) is 11.5. The maximum absolute atomic E-state index is 8.09. The van der Waals surface area contributed by atoms with E-state index in [4.69, 9.17) is 5.41 Å². The van der Waals surface area contributed by atoms with Crippen molar-refractivity contribution in [2.24, 2.45) is 0 Å². The molecular weight excluding hydrogens is 198 g/mol. The smallest absolute Gasteiger partial charge is 0.100 e. The van der Waals surface area contributed by atoms with Gasteiger partial charge in [-0.1, -0.05) is 19.1 Å². The summed E-state index contributed by atoms with van der Waals surface area (Å²) in [5.41, 5.74) is 2.41. The van der Waals surface area contributed by atoms with E-state index in [-0.39, 0.29) is 0 Å². The first-order valence-electron chi connectivity index (χ1n) is 5.89. The van der Waals surface area contributed by atoms with Crippen LogP contribution in [0.2, 0.25) is 0 Å². The molecule has 0 radical (unpaired) electrons. The Kier molecular flexibility index (Phi) is 3.13. The van der Waals surface area contributed by atoms with Crippen LogP contribution < -0.4 is 9.80 Å². The first-order valence-corrected chi connectivity index (χ1v) is 5.89. The summed E-state index contributed by atoms with van der Waals surface area (Å²) in [4.78, 5) is 4.39. The molecule has 0 saturated carbocycles. The van der Waals surface area contributed by atoms with Gasteiger partial charge in [-0.2, -0.15) is 0 Å². The Bertz CT molecular complexity index is 387. The number of anilines is 2. The number of benzene rings is 1. The van der Waals surface area contributed by atoms with Crippen LogP contribution in [0.15, 0.2) is 24.3 Å². The highest BCUT2D eigenvalue weighted by Gasteiger charge is 2.21. The number of hydrogen-bond acceptors (Lipinski definition) is 2. The molecule has 1 heterocycles. The van der Waals surface area contributed by atoms with E-state index in [1.54, 1.807) is 0 Å². The fourth-order valence-electron chi connectivity index (χ4n) is 2.16. The second-order valence-corrected chi connectivity index (χ2v) is 4.26. The molecule has 1 aliphatic rings. The van der Waals surface area contributed by atoms with Crippen LogP contribution in [0, 0.1) is 5.41 Å². The number of para-hydroxylation sites is 2. The highest BCUT2D eigenvalue weighted by molar-refractivity contribution is 5.99. The van der Waals surface area contributed by atoms with Gasteiger partial charge in [0.15, 0.2) is 0 Å². The van der Waals surface area contributed by atoms with Gasteiger partial charge < -0.3 is 9.80 Å². The van der Waals surface area contributed by atoms with Gasteiger partial charge in [0.2, 0.25) is 0 Å². The van der Waals surface area contributed by atoms with Crippen LogP contribution in [0.4, 0.5) is 11.4 Å². The summed E-state index contributed by atoms with van der Waals surface area (Å²) < 4.78 is 0. The Morgan fingerprint density at radius 1 is 1.25 bits per heavy atom. The van der Waals surface area contributed by atoms with Crippen molar-refractivity contribution in [1.29, 1.82) is 5.41 Å². The Hall–Kier alpha value is -1.51. The number of hydrogen-bond donors (Lipinski definition) is 1. The Balaban J connectivity index is 2.31. The number of nitrogens with zero attached hydrogens (tertiary/aromatic N) is 2. The quantitative estimate of drug-likeness (QED) is 0.610. The minimum absolute atomic E-state index is 0.739. The lowest BCUT2D eigenvalue weighted by atomic mass is 10.1. The fourth-order valence-corrected chi connectivity index (χ4v) is 2.16. The van der Waals surface area contributed by atoms with E-state index in [0.29, 0.717) is 0 Å². The predicted molar refractivity (Wildman–Crippen MR) is 69.7 cm³/mol. The van der Waals surface area contributed by atoms with Crippen molar-refractivity contribution in [3.05, 3.63) is 24.3 Å². The molecule has 0 atom stereocenters. The third-order valence-electron chi connectivity index (χ3n) is 3.06. The van der Waals surface area contributed by atoms with Crippen LogP contribution in [-0.2, 0) is 0 Å². The number of rotatable bonds is 2. The summed E-state index contributed by atoms with van der Waals surface area (Å²) in [7, 11) is 2.11. The molecule has 0 spiro atoms. The molecule has 0 aliphatic carbocycles. The summed E-state index contributed by atoms with van der Waals surface area (Å²) in [5, 5.41) is 8.09. The van der Waals surface area contributed by atoms with Gasteiger partial charge >= 0.3 is 0 Å². The standard InChI is InChI=1S/C13H19N3/c1-3-6-13(14)16-10-9-15(2)11-7-4-5-8-12(11)16/h4-5,7-8,14H,3,6,9-10H2,1-2H3. The molecule has 2 rings (SSSR count). The highest BCUT2D eigenvalue weighted by atomic mass is 15.3. The van der Waals surface area contributed by atoms with E-state index < -0.39 is 0 Å². The van der Waals surface area contributed by atoms with E-state index in [2.05, 4.69) is 42.0 Å². The zero-order valence-corrected chi connectivity index (χ0v) is 10.0. The van der Waals surface area contributed by atoms with E-state index in [9.17, 15) is 0 Å². The topological polar surface area (TPSA) is 30.3 Å². The first kappa shape index (κ1) is 11.0. The van der Waals surface area contributed by atoms with Gasteiger partial charge in [-0.25, -0.2) is 0 Å². The second-order valence-electron chi connectivity index (χ2n) is 4.26. The molecular formula is C13H19N3. The van der Waals surface area contributed by atoms with E-state index in [1.165, 1.54) is 11.4 Å². The molecule has 0 saturated heterocycles. The van der Waals surface area contributed by atoms with Gasteiger partial charge in [0.05, 0.1) is 11.4 Å². The van der Waals surface area contributed by atoms with Crippen molar-refractivity contribution in [3.63, 3.8) is 0 Å². The molecule has 1 aliphatic heterocycles. The van der Waals surface area contributed by atoms with Crippen LogP contribution in [-0.4, -0.2) is 26.0 Å². The maximum Gasteiger partial charge on any atom is 0.100 e. The lowest BCUT2D eigenvalue weighted by Gasteiger charge is -2.37. The zero-order valence-electron chi connectivity index (χ0n) is 10.0. The Labute approximate surface area is 97.2 Å². The van der Waals surface area contributed by atoms with E-state index >= 15 is 0 Å². The molecule has 1 aromatic rings. The molecule has 86 valence electrons. The van der Waals surface area contributed by atoms with Crippen LogP contribution in [0.1, 0.15) is 19.8 Å². The monoisotopic (exact) mass is 217 g/mol. The molecule has 16 heavy (non-hydrogen) atoms. The van der Waals surface area contributed by atoms with Gasteiger partial charge in [0.1, 0.15) is 5.84 Å². The molecule has 0 unspecified atom stereocenters. The maximum atomic E-state index is 8.09. The van der Waals surface area contributed by atoms with Crippen LogP contribution in [0.3, 0.4) is 0 Å². The summed E-state index contributed by atoms with van der Waals surface area (Å²) in [5.74, 6) is 0.739. The van der Waals surface area contributed by atoms with Crippen molar-refractivity contribution in [2.75, 3.05) is 29.9 Å². The van der Waals surface area contributed by atoms with Gasteiger partial charge in [-0.15, -0.1) is 0 Å². The highest BCUT2D eigenvalue weighted by Crippen LogP contribution is 2.32. The van der Waals surface area contributed by atoms with Crippen molar-refractivity contribution < 1.29 is 0 Å². The van der Waals surface area contributed by atoms with E-state index in [1.807, 2.05) is 6.07 Å². The molecule has 0 aromatic heterocycles. The van der Waals surface area contributed by atoms with Crippen molar-refractivity contribution in [3.8, 4) is 0 Å². The van der Waals surface area contributed by atoms with Crippen LogP contribution >= 0.6 is 0 Å². The Morgan fingerprint density at radius 2 is 1.94 bits per heavy atom. The number of nitrogens with one attached hydrogen (secondary N) is 1. The summed E-state index contributed by atoms with van der Waals surface area (Å²) in [6, 6.07) is 8.34. The van der Waals surface area contributed by atoms with Gasteiger partial charge in [0.25, 0.3) is 0 Å². The summed E-state index contributed by atoms with van der Waals surface area (Å²) >= 11 is 0. The molecule has 3 heteroatoms. The fraction of sp³-hybridized carbons (Fsp3) is 0.462. The van der Waals surface area contributed by atoms with E-state index in [0.717, 1.165) is 31.8 Å². The average Bonchev–Trinajstić information content (AvgIpc) is 2.30. The lowest BCUT2D eigenvalue weighted by molar-refractivity contribution is 0.815. The normalized spacial score (nSPS) is 14.9.